The van der Waals surface area contributed by atoms with Crippen LogP contribution in [0.15, 0.2) is 16.9 Å². The van der Waals surface area contributed by atoms with Crippen molar-refractivity contribution in [3.8, 4) is 0 Å². The van der Waals surface area contributed by atoms with Crippen molar-refractivity contribution in [1.29, 1.82) is 5.53 Å². The minimum Gasteiger partial charge on any atom is -0.476 e. The lowest BCUT2D eigenvalue weighted by Gasteiger charge is -1.84. The number of nitrogens with one attached hydrogen (secondary N) is 1. The van der Waals surface area contributed by atoms with Gasteiger partial charge in [0.25, 0.3) is 0 Å². The molecule has 0 spiro atoms. The van der Waals surface area contributed by atoms with Gasteiger partial charge in [0.05, 0.1) is 0 Å². The Morgan fingerprint density at radius 3 is 2.38 bits per heavy atom. The van der Waals surface area contributed by atoms with Gasteiger partial charge in [-0.1, -0.05) is 6.08 Å². The Morgan fingerprint density at radius 2 is 2.38 bits per heavy atom. The van der Waals surface area contributed by atoms with Crippen LogP contribution in [0.2, 0.25) is 0 Å². The van der Waals surface area contributed by atoms with Crippen molar-refractivity contribution in [2.75, 3.05) is 0 Å². The van der Waals surface area contributed by atoms with E-state index in [2.05, 4.69) is 5.11 Å². The van der Waals surface area contributed by atoms with Crippen LogP contribution in [0.25, 0.3) is 0 Å². The van der Waals surface area contributed by atoms with E-state index in [1.807, 2.05) is 0 Å². The molecule has 0 aromatic carbocycles. The molecule has 8 heavy (non-hydrogen) atoms. The minimum absolute atomic E-state index is 0.231. The third-order valence-electron chi connectivity index (χ3n) is 0.613. The molecular formula is C4H6N2O2. The van der Waals surface area contributed by atoms with Crippen LogP contribution in [-0.2, 0) is 4.79 Å². The van der Waals surface area contributed by atoms with Crippen LogP contribution in [-0.4, -0.2) is 11.1 Å². The Hall–Kier alpha value is -1.19. The van der Waals surface area contributed by atoms with Crippen LogP contribution in [0.1, 0.15) is 6.92 Å². The highest BCUT2D eigenvalue weighted by Gasteiger charge is 2.00. The SMILES string of the molecule is C/C=C(\N=N)C(=O)O. The molecule has 0 fully saturated rings. The van der Waals surface area contributed by atoms with Gasteiger partial charge >= 0.3 is 5.97 Å². The first-order chi connectivity index (χ1) is 3.72. The molecule has 0 rings (SSSR count). The van der Waals surface area contributed by atoms with Crippen molar-refractivity contribution >= 4 is 5.97 Å². The molecule has 0 heterocycles. The highest BCUT2D eigenvalue weighted by Crippen LogP contribution is 1.92. The van der Waals surface area contributed by atoms with E-state index in [0.29, 0.717) is 0 Å². The molecule has 0 aromatic rings. The Balaban J connectivity index is 4.13. The molecule has 44 valence electrons. The Bertz CT molecular complexity index is 139. The molecule has 4 heteroatoms. The number of aliphatic carboxylic acids is 1. The zero-order valence-corrected chi connectivity index (χ0v) is 4.38. The van der Waals surface area contributed by atoms with E-state index in [4.69, 9.17) is 10.6 Å². The highest BCUT2D eigenvalue weighted by atomic mass is 16.4. The van der Waals surface area contributed by atoms with Gasteiger partial charge in [-0.05, 0) is 6.92 Å². The van der Waals surface area contributed by atoms with Crippen LogP contribution < -0.4 is 0 Å². The van der Waals surface area contributed by atoms with Crippen molar-refractivity contribution < 1.29 is 9.90 Å². The number of hydrogen-bond acceptors (Lipinski definition) is 3. The number of carbonyl (C=O) groups is 1. The lowest BCUT2D eigenvalue weighted by molar-refractivity contribution is -0.132. The molecule has 0 atom stereocenters. The standard InChI is InChI=1S/C4H6N2O2/c1-2-3(6-5)4(7)8/h2,5H,1H3,(H,7,8)/b3-2-,6-5?. The van der Waals surface area contributed by atoms with Crippen molar-refractivity contribution in [1.82, 2.24) is 0 Å². The van der Waals surface area contributed by atoms with E-state index < -0.39 is 5.97 Å². The average Bonchev–Trinajstić information content (AvgIpc) is 1.69. The molecule has 4 nitrogen and oxygen atoms in total. The summed E-state index contributed by atoms with van der Waals surface area (Å²) in [6.07, 6.45) is 1.26. The summed E-state index contributed by atoms with van der Waals surface area (Å²) in [6.45, 7) is 1.52. The van der Waals surface area contributed by atoms with E-state index in [-0.39, 0.29) is 5.70 Å². The summed E-state index contributed by atoms with van der Waals surface area (Å²) in [6, 6.07) is 0. The number of nitrogens with zero attached hydrogens (tertiary/aromatic N) is 1. The van der Waals surface area contributed by atoms with Crippen LogP contribution in [0.5, 0.6) is 0 Å². The van der Waals surface area contributed by atoms with Crippen LogP contribution in [0.4, 0.5) is 0 Å². The van der Waals surface area contributed by atoms with Gasteiger partial charge in [-0.2, -0.15) is 5.11 Å². The topological polar surface area (TPSA) is 73.5 Å². The molecular weight excluding hydrogens is 108 g/mol. The normalized spacial score (nSPS) is 10.9. The predicted octanol–water partition coefficient (Wildman–Crippen LogP) is 1.01. The number of hydrogen-bond donors (Lipinski definition) is 2. The molecule has 2 N–H and O–H groups in total. The van der Waals surface area contributed by atoms with Gasteiger partial charge in [0, 0.05) is 0 Å². The van der Waals surface area contributed by atoms with E-state index in [1.54, 1.807) is 0 Å². The first kappa shape index (κ1) is 6.81. The summed E-state index contributed by atoms with van der Waals surface area (Å²) in [7, 11) is 0. The van der Waals surface area contributed by atoms with Crippen LogP contribution in [0.3, 0.4) is 0 Å². The highest BCUT2D eigenvalue weighted by molar-refractivity contribution is 5.85. The zero-order valence-electron chi connectivity index (χ0n) is 4.38. The zero-order chi connectivity index (χ0) is 6.57. The second kappa shape index (κ2) is 2.90. The Labute approximate surface area is 46.3 Å². The summed E-state index contributed by atoms with van der Waals surface area (Å²) in [4.78, 5) is 9.88. The first-order valence-electron chi connectivity index (χ1n) is 1.99. The monoisotopic (exact) mass is 114 g/mol. The third-order valence-corrected chi connectivity index (χ3v) is 0.613. The third kappa shape index (κ3) is 1.51. The van der Waals surface area contributed by atoms with Gasteiger partial charge in [-0.15, -0.1) is 0 Å². The van der Waals surface area contributed by atoms with E-state index >= 15 is 0 Å². The quantitative estimate of drug-likeness (QED) is 0.415. The van der Waals surface area contributed by atoms with E-state index in [0.717, 1.165) is 0 Å². The number of carboxylic acids is 1. The maximum absolute atomic E-state index is 9.88. The lowest BCUT2D eigenvalue weighted by atomic mass is 10.4. The fourth-order valence-corrected chi connectivity index (χ4v) is 0.236. The molecule has 0 aliphatic heterocycles. The summed E-state index contributed by atoms with van der Waals surface area (Å²) < 4.78 is 0. The molecule has 0 radical (unpaired) electrons. The molecule has 0 aliphatic rings. The molecule has 0 amide bonds. The van der Waals surface area contributed by atoms with Crippen molar-refractivity contribution in [2.24, 2.45) is 5.11 Å². The maximum Gasteiger partial charge on any atom is 0.356 e. The van der Waals surface area contributed by atoms with Crippen molar-refractivity contribution in [3.05, 3.63) is 11.8 Å². The molecule has 0 bridgehead atoms. The van der Waals surface area contributed by atoms with Crippen molar-refractivity contribution in [3.63, 3.8) is 0 Å². The van der Waals surface area contributed by atoms with Gasteiger partial charge in [0.1, 0.15) is 0 Å². The van der Waals surface area contributed by atoms with Gasteiger partial charge in [0.2, 0.25) is 0 Å². The minimum atomic E-state index is -1.16. The average molecular weight is 114 g/mol. The molecule has 0 aliphatic carbocycles. The maximum atomic E-state index is 9.88. The summed E-state index contributed by atoms with van der Waals surface area (Å²) in [5.41, 5.74) is 6.03. The number of rotatable bonds is 2. The lowest BCUT2D eigenvalue weighted by Crippen LogP contribution is -1.95. The summed E-state index contributed by atoms with van der Waals surface area (Å²) in [5.74, 6) is -1.16. The van der Waals surface area contributed by atoms with Crippen LogP contribution >= 0.6 is 0 Å². The molecule has 0 saturated heterocycles. The second-order valence-corrected chi connectivity index (χ2v) is 1.09. The fourth-order valence-electron chi connectivity index (χ4n) is 0.236. The van der Waals surface area contributed by atoms with Crippen LogP contribution in [0, 0.1) is 5.53 Å². The van der Waals surface area contributed by atoms with E-state index in [9.17, 15) is 4.79 Å². The molecule has 0 unspecified atom stereocenters. The van der Waals surface area contributed by atoms with Gasteiger partial charge < -0.3 is 5.11 Å². The Morgan fingerprint density at radius 1 is 1.88 bits per heavy atom. The smallest absolute Gasteiger partial charge is 0.356 e. The first-order valence-corrected chi connectivity index (χ1v) is 1.99. The number of carboxylic acid groups (broad SMARTS) is 1. The Kier molecular flexibility index (Phi) is 2.47. The largest absolute Gasteiger partial charge is 0.476 e. The molecule has 0 saturated carbocycles. The van der Waals surface area contributed by atoms with E-state index in [1.165, 1.54) is 13.0 Å². The summed E-state index contributed by atoms with van der Waals surface area (Å²) >= 11 is 0. The number of allylic oxidation sites excluding steroid dienone is 1. The van der Waals surface area contributed by atoms with Crippen molar-refractivity contribution in [2.45, 2.75) is 6.92 Å². The molecule has 0 aromatic heterocycles. The fraction of sp³-hybridized carbons (Fsp3) is 0.250. The second-order valence-electron chi connectivity index (χ2n) is 1.09. The summed E-state index contributed by atoms with van der Waals surface area (Å²) in [5, 5.41) is 10.8. The van der Waals surface area contributed by atoms with Gasteiger partial charge in [-0.25, -0.2) is 10.3 Å². The van der Waals surface area contributed by atoms with Gasteiger partial charge in [0.15, 0.2) is 5.70 Å². The van der Waals surface area contributed by atoms with Gasteiger partial charge in [-0.3, -0.25) is 0 Å². The predicted molar refractivity (Wildman–Crippen MR) is 26.5 cm³/mol.